The minimum atomic E-state index is -1.01. The summed E-state index contributed by atoms with van der Waals surface area (Å²) in [5.41, 5.74) is 5.11. The van der Waals surface area contributed by atoms with Gasteiger partial charge in [-0.05, 0) is 19.1 Å². The first-order chi connectivity index (χ1) is 5.99. The lowest BCUT2D eigenvalue weighted by atomic mass is 9.93. The molecular formula is C9H12ClNO2. The first-order valence-electron chi connectivity index (χ1n) is 3.87. The summed E-state index contributed by atoms with van der Waals surface area (Å²) >= 11 is 5.84. The number of aromatic hydroxyl groups is 1. The van der Waals surface area contributed by atoms with E-state index in [4.69, 9.17) is 22.4 Å². The maximum atomic E-state index is 9.48. The molecule has 0 heterocycles. The Morgan fingerprint density at radius 2 is 2.15 bits per heavy atom. The van der Waals surface area contributed by atoms with Crippen LogP contribution in [0.25, 0.3) is 0 Å². The van der Waals surface area contributed by atoms with Crippen LogP contribution in [0.2, 0.25) is 5.02 Å². The molecule has 72 valence electrons. The largest absolute Gasteiger partial charge is 0.508 e. The van der Waals surface area contributed by atoms with Crippen LogP contribution in [0.15, 0.2) is 18.2 Å². The van der Waals surface area contributed by atoms with E-state index in [0.717, 1.165) is 0 Å². The molecule has 1 atom stereocenters. The molecule has 0 fully saturated rings. The van der Waals surface area contributed by atoms with Crippen molar-refractivity contribution in [3.05, 3.63) is 28.8 Å². The Labute approximate surface area is 81.8 Å². The summed E-state index contributed by atoms with van der Waals surface area (Å²) < 4.78 is 0. The Morgan fingerprint density at radius 3 is 2.62 bits per heavy atom. The molecule has 3 nitrogen and oxygen atoms in total. The van der Waals surface area contributed by atoms with Crippen molar-refractivity contribution in [3.63, 3.8) is 0 Å². The monoisotopic (exact) mass is 201 g/mol. The van der Waals surface area contributed by atoms with E-state index < -0.39 is 5.54 Å². The summed E-state index contributed by atoms with van der Waals surface area (Å²) in [6, 6.07) is 4.73. The van der Waals surface area contributed by atoms with Gasteiger partial charge < -0.3 is 15.9 Å². The van der Waals surface area contributed by atoms with Crippen molar-refractivity contribution in [1.29, 1.82) is 0 Å². The van der Waals surface area contributed by atoms with Crippen LogP contribution in [0, 0.1) is 0 Å². The number of hydrogen-bond donors (Lipinski definition) is 3. The zero-order chi connectivity index (χ0) is 10.1. The van der Waals surface area contributed by atoms with Gasteiger partial charge in [-0.1, -0.05) is 17.7 Å². The van der Waals surface area contributed by atoms with Crippen LogP contribution in [0.4, 0.5) is 0 Å². The Kier molecular flexibility index (Phi) is 2.81. The van der Waals surface area contributed by atoms with Gasteiger partial charge in [0.15, 0.2) is 0 Å². The summed E-state index contributed by atoms with van der Waals surface area (Å²) in [5.74, 6) is 0.00606. The lowest BCUT2D eigenvalue weighted by Crippen LogP contribution is -2.37. The average molecular weight is 202 g/mol. The van der Waals surface area contributed by atoms with E-state index >= 15 is 0 Å². The van der Waals surface area contributed by atoms with Crippen LogP contribution >= 0.6 is 11.6 Å². The Hall–Kier alpha value is -0.770. The number of phenols is 1. The van der Waals surface area contributed by atoms with Gasteiger partial charge in [0.05, 0.1) is 12.1 Å². The molecule has 4 heteroatoms. The van der Waals surface area contributed by atoms with Gasteiger partial charge in [-0.3, -0.25) is 0 Å². The molecule has 0 saturated carbocycles. The molecule has 0 spiro atoms. The quantitative estimate of drug-likeness (QED) is 0.674. The molecule has 0 bridgehead atoms. The van der Waals surface area contributed by atoms with E-state index in [1.807, 2.05) is 0 Å². The molecule has 0 amide bonds. The fourth-order valence-electron chi connectivity index (χ4n) is 1.16. The average Bonchev–Trinajstić information content (AvgIpc) is 2.03. The Morgan fingerprint density at radius 1 is 1.54 bits per heavy atom. The number of halogens is 1. The van der Waals surface area contributed by atoms with Gasteiger partial charge in [-0.2, -0.15) is 0 Å². The van der Waals surface area contributed by atoms with E-state index in [2.05, 4.69) is 0 Å². The smallest absolute Gasteiger partial charge is 0.122 e. The van der Waals surface area contributed by atoms with Gasteiger partial charge in [-0.15, -0.1) is 0 Å². The SMILES string of the molecule is CC(N)(CO)c1c(O)cccc1Cl. The van der Waals surface area contributed by atoms with Gasteiger partial charge in [0.1, 0.15) is 5.75 Å². The first-order valence-corrected chi connectivity index (χ1v) is 4.24. The summed E-state index contributed by atoms with van der Waals surface area (Å²) in [7, 11) is 0. The van der Waals surface area contributed by atoms with E-state index in [-0.39, 0.29) is 12.4 Å². The van der Waals surface area contributed by atoms with E-state index in [1.165, 1.54) is 6.07 Å². The molecule has 1 aromatic carbocycles. The van der Waals surface area contributed by atoms with Gasteiger partial charge >= 0.3 is 0 Å². The van der Waals surface area contributed by atoms with Crippen molar-refractivity contribution in [2.45, 2.75) is 12.5 Å². The second kappa shape index (κ2) is 3.54. The number of phenolic OH excluding ortho intramolecular Hbond substituents is 1. The first kappa shape index (κ1) is 10.3. The van der Waals surface area contributed by atoms with Gasteiger partial charge in [0.2, 0.25) is 0 Å². The lowest BCUT2D eigenvalue weighted by Gasteiger charge is -2.24. The minimum Gasteiger partial charge on any atom is -0.508 e. The van der Waals surface area contributed by atoms with Gasteiger partial charge in [0.25, 0.3) is 0 Å². The number of aliphatic hydroxyl groups is 1. The highest BCUT2D eigenvalue weighted by molar-refractivity contribution is 6.31. The number of nitrogens with two attached hydrogens (primary N) is 1. The molecule has 0 saturated heterocycles. The van der Waals surface area contributed by atoms with Crippen molar-refractivity contribution in [2.75, 3.05) is 6.61 Å². The number of benzene rings is 1. The number of rotatable bonds is 2. The van der Waals surface area contributed by atoms with Gasteiger partial charge in [0, 0.05) is 10.6 Å². The lowest BCUT2D eigenvalue weighted by molar-refractivity contribution is 0.207. The molecule has 4 N–H and O–H groups in total. The van der Waals surface area contributed by atoms with Crippen LogP contribution < -0.4 is 5.73 Å². The summed E-state index contributed by atoms with van der Waals surface area (Å²) in [4.78, 5) is 0. The second-order valence-corrected chi connectivity index (χ2v) is 3.62. The standard InChI is InChI=1S/C9H12ClNO2/c1-9(11,5-12)8-6(10)3-2-4-7(8)13/h2-4,12-13H,5,11H2,1H3. The zero-order valence-corrected chi connectivity index (χ0v) is 8.04. The van der Waals surface area contributed by atoms with Crippen molar-refractivity contribution in [1.82, 2.24) is 0 Å². The summed E-state index contributed by atoms with van der Waals surface area (Å²) in [6.45, 7) is 1.33. The van der Waals surface area contributed by atoms with Crippen LogP contribution in [0.1, 0.15) is 12.5 Å². The highest BCUT2D eigenvalue weighted by Gasteiger charge is 2.26. The minimum absolute atomic E-state index is 0.00606. The van der Waals surface area contributed by atoms with E-state index in [9.17, 15) is 5.11 Å². The zero-order valence-electron chi connectivity index (χ0n) is 7.29. The van der Waals surface area contributed by atoms with Crippen LogP contribution in [0.5, 0.6) is 5.75 Å². The Balaban J connectivity index is 3.28. The van der Waals surface area contributed by atoms with Crippen molar-refractivity contribution in [2.24, 2.45) is 5.73 Å². The summed E-state index contributed by atoms with van der Waals surface area (Å²) in [5, 5.41) is 18.8. The number of aliphatic hydroxyl groups excluding tert-OH is 1. The third-order valence-corrected chi connectivity index (χ3v) is 2.21. The van der Waals surface area contributed by atoms with Crippen molar-refractivity contribution in [3.8, 4) is 5.75 Å². The van der Waals surface area contributed by atoms with E-state index in [0.29, 0.717) is 10.6 Å². The fraction of sp³-hybridized carbons (Fsp3) is 0.333. The highest BCUT2D eigenvalue weighted by Crippen LogP contribution is 2.33. The van der Waals surface area contributed by atoms with E-state index in [1.54, 1.807) is 19.1 Å². The van der Waals surface area contributed by atoms with Crippen molar-refractivity contribution >= 4 is 11.6 Å². The third-order valence-electron chi connectivity index (χ3n) is 1.89. The molecule has 0 radical (unpaired) electrons. The molecule has 1 aromatic rings. The van der Waals surface area contributed by atoms with Gasteiger partial charge in [-0.25, -0.2) is 0 Å². The molecule has 13 heavy (non-hydrogen) atoms. The predicted octanol–water partition coefficient (Wildman–Crippen LogP) is 1.21. The van der Waals surface area contributed by atoms with Crippen LogP contribution in [-0.4, -0.2) is 16.8 Å². The molecule has 1 unspecified atom stereocenters. The maximum absolute atomic E-state index is 9.48. The van der Waals surface area contributed by atoms with Crippen LogP contribution in [0.3, 0.4) is 0 Å². The normalized spacial score (nSPS) is 15.4. The number of hydrogen-bond acceptors (Lipinski definition) is 3. The molecule has 0 aliphatic rings. The van der Waals surface area contributed by atoms with Crippen LogP contribution in [-0.2, 0) is 5.54 Å². The summed E-state index contributed by atoms with van der Waals surface area (Å²) in [6.07, 6.45) is 0. The second-order valence-electron chi connectivity index (χ2n) is 3.21. The predicted molar refractivity (Wildman–Crippen MR) is 51.7 cm³/mol. The molecular weight excluding hydrogens is 190 g/mol. The maximum Gasteiger partial charge on any atom is 0.122 e. The molecule has 0 aromatic heterocycles. The molecule has 1 rings (SSSR count). The topological polar surface area (TPSA) is 66.5 Å². The highest BCUT2D eigenvalue weighted by atomic mass is 35.5. The molecule has 0 aliphatic carbocycles. The Bertz CT molecular complexity index is 292. The molecule has 0 aliphatic heterocycles. The fourth-order valence-corrected chi connectivity index (χ4v) is 1.54. The van der Waals surface area contributed by atoms with Crippen molar-refractivity contribution < 1.29 is 10.2 Å². The third kappa shape index (κ3) is 1.94.